The van der Waals surface area contributed by atoms with Crippen molar-refractivity contribution in [2.75, 3.05) is 6.54 Å². The number of rotatable bonds is 12. The number of aliphatic hydroxyl groups is 1. The van der Waals surface area contributed by atoms with Gasteiger partial charge in [0, 0.05) is 31.4 Å². The molecule has 1 aromatic rings. The number of hydrogen-bond acceptors (Lipinski definition) is 3. The maximum atomic E-state index is 13.0. The molecule has 0 bridgehead atoms. The average molecular weight is 654 g/mol. The van der Waals surface area contributed by atoms with Gasteiger partial charge in [0.05, 0.1) is 6.10 Å². The van der Waals surface area contributed by atoms with Crippen molar-refractivity contribution in [1.82, 2.24) is 5.32 Å². The molecular weight excluding hydrogens is 601 g/mol. The maximum absolute atomic E-state index is 13.0. The summed E-state index contributed by atoms with van der Waals surface area (Å²) in [4.78, 5) is 24.7. The van der Waals surface area contributed by atoms with Gasteiger partial charge in [-0.25, -0.2) is 0 Å². The predicted octanol–water partition coefficient (Wildman–Crippen LogP) is 9.09. The van der Waals surface area contributed by atoms with Crippen LogP contribution in [0.2, 0.25) is 0 Å². The zero-order valence-electron chi connectivity index (χ0n) is 27.4. The smallest absolute Gasteiger partial charge is 0.393 e. The Bertz CT molecular complexity index is 1220. The van der Waals surface area contributed by atoms with Gasteiger partial charge in [0.2, 0.25) is 0 Å². The average Bonchev–Trinajstić information content (AvgIpc) is 3.30. The number of carbonyl (C=O) groups excluding carboxylic acids is 2. The highest BCUT2D eigenvalue weighted by atomic mass is 19.4. The number of carbonyl (C=O) groups is 2. The molecule has 1 amide bonds. The van der Waals surface area contributed by atoms with E-state index in [-0.39, 0.29) is 23.5 Å². The number of fused-ring (bicyclic) bond motifs is 5. The van der Waals surface area contributed by atoms with Gasteiger partial charge in [0.15, 0.2) is 0 Å². The summed E-state index contributed by atoms with van der Waals surface area (Å²) in [6.45, 7) is 4.59. The van der Waals surface area contributed by atoms with Crippen molar-refractivity contribution in [2.45, 2.75) is 135 Å². The molecule has 258 valence electrons. The van der Waals surface area contributed by atoms with Crippen LogP contribution < -0.4 is 5.32 Å². The first-order chi connectivity index (χ1) is 21.7. The molecule has 5 rings (SSSR count). The molecule has 4 aliphatic rings. The van der Waals surface area contributed by atoms with Gasteiger partial charge in [-0.3, -0.25) is 9.59 Å². The van der Waals surface area contributed by atoms with Crippen molar-refractivity contribution in [3.8, 4) is 0 Å². The van der Waals surface area contributed by atoms with E-state index in [4.69, 9.17) is 0 Å². The van der Waals surface area contributed by atoms with E-state index in [1.54, 1.807) is 12.1 Å². The molecule has 2 N–H and O–H groups in total. The third-order valence-corrected chi connectivity index (χ3v) is 12.9. The van der Waals surface area contributed by atoms with E-state index in [0.717, 1.165) is 76.2 Å². The second-order valence-corrected chi connectivity index (χ2v) is 15.6. The number of amides is 1. The van der Waals surface area contributed by atoms with Crippen molar-refractivity contribution < 1.29 is 36.6 Å². The molecule has 4 fully saturated rings. The molecule has 4 saturated carbocycles. The van der Waals surface area contributed by atoms with Crippen LogP contribution >= 0.6 is 0 Å². The number of hydrogen-bond donors (Lipinski definition) is 2. The van der Waals surface area contributed by atoms with Crippen molar-refractivity contribution in [1.29, 1.82) is 0 Å². The lowest BCUT2D eigenvalue weighted by Crippen LogP contribution is -2.57. The van der Waals surface area contributed by atoms with Crippen molar-refractivity contribution >= 4 is 11.7 Å². The van der Waals surface area contributed by atoms with E-state index >= 15 is 0 Å². The molecule has 8 atom stereocenters. The fourth-order valence-corrected chi connectivity index (χ4v) is 10.4. The molecule has 4 aliphatic carbocycles. The van der Waals surface area contributed by atoms with Crippen LogP contribution in [0.3, 0.4) is 0 Å². The summed E-state index contributed by atoms with van der Waals surface area (Å²) in [6.07, 6.45) is 6.95. The summed E-state index contributed by atoms with van der Waals surface area (Å²) in [5.74, 6) is -1.77. The molecular formula is C37H52F5NO3. The lowest BCUT2D eigenvalue weighted by Gasteiger charge is -2.62. The molecule has 46 heavy (non-hydrogen) atoms. The number of benzene rings is 1. The number of aliphatic hydroxyl groups excluding tert-OH is 1. The van der Waals surface area contributed by atoms with Crippen molar-refractivity contribution in [3.05, 3.63) is 35.4 Å². The van der Waals surface area contributed by atoms with Crippen LogP contribution in [-0.2, 0) is 11.2 Å². The number of halogens is 5. The first-order valence-electron chi connectivity index (χ1n) is 17.7. The van der Waals surface area contributed by atoms with Crippen molar-refractivity contribution in [2.24, 2.45) is 40.4 Å². The standard InChI is InChI=1S/C37H52F5NO3/c1-34-20-18-28(44)22-27(34)14-15-29-30-16-17-31(45)35(30,2)23-26(32(29)34)9-6-4-3-5-8-24-10-12-25(13-11-24)33(46)43-21-7-19-36(38,39)37(40,41)42/h10-13,26-27,29-32,45H,3-9,14-23H2,1-2H3,(H,43,46)/t26?,27?,29-,30-,31?,32+,34-,35-/m0/s1. The van der Waals surface area contributed by atoms with Gasteiger partial charge in [-0.1, -0.05) is 51.7 Å². The summed E-state index contributed by atoms with van der Waals surface area (Å²) in [6, 6.07) is 7.06. The van der Waals surface area contributed by atoms with E-state index in [1.807, 2.05) is 12.1 Å². The van der Waals surface area contributed by atoms with Crippen LogP contribution in [-0.4, -0.2) is 41.5 Å². The Kier molecular flexibility index (Phi) is 10.6. The SMILES string of the molecule is C[C@]12CCC(=O)CC1CC[C@@H]1[C@H]2C(CCCCCCc2ccc(C(=O)NCCCC(F)(F)C(F)(F)F)cc2)C[C@]2(C)C(O)CC[C@@H]12. The van der Waals surface area contributed by atoms with Gasteiger partial charge < -0.3 is 10.4 Å². The first kappa shape index (κ1) is 35.3. The molecule has 0 aromatic heterocycles. The third-order valence-electron chi connectivity index (χ3n) is 12.9. The fourth-order valence-electron chi connectivity index (χ4n) is 10.4. The Labute approximate surface area is 270 Å². The van der Waals surface area contributed by atoms with Crippen LogP contribution in [0.25, 0.3) is 0 Å². The highest BCUT2D eigenvalue weighted by Crippen LogP contribution is 2.68. The van der Waals surface area contributed by atoms with E-state index in [0.29, 0.717) is 40.9 Å². The lowest BCUT2D eigenvalue weighted by atomic mass is 9.42. The largest absolute Gasteiger partial charge is 0.453 e. The van der Waals surface area contributed by atoms with Gasteiger partial charge in [0.1, 0.15) is 5.78 Å². The van der Waals surface area contributed by atoms with Crippen LogP contribution in [0, 0.1) is 40.4 Å². The molecule has 3 unspecified atom stereocenters. The zero-order valence-corrected chi connectivity index (χ0v) is 27.4. The molecule has 9 heteroatoms. The van der Waals surface area contributed by atoms with Crippen LogP contribution in [0.1, 0.15) is 126 Å². The minimum atomic E-state index is -5.58. The number of Topliss-reactive ketones (excluding diaryl/α,β-unsaturated/α-hetero) is 1. The van der Waals surface area contributed by atoms with Gasteiger partial charge in [-0.15, -0.1) is 0 Å². The molecule has 0 radical (unpaired) electrons. The molecule has 1 aromatic carbocycles. The quantitative estimate of drug-likeness (QED) is 0.175. The summed E-state index contributed by atoms with van der Waals surface area (Å²) in [5, 5.41) is 13.5. The third kappa shape index (κ3) is 7.19. The second-order valence-electron chi connectivity index (χ2n) is 15.6. The van der Waals surface area contributed by atoms with Gasteiger partial charge in [0.25, 0.3) is 5.91 Å². The summed E-state index contributed by atoms with van der Waals surface area (Å²) >= 11 is 0. The Balaban J connectivity index is 1.07. The summed E-state index contributed by atoms with van der Waals surface area (Å²) < 4.78 is 62.9. The van der Waals surface area contributed by atoms with Crippen LogP contribution in [0.4, 0.5) is 22.0 Å². The monoisotopic (exact) mass is 653 g/mol. The molecule has 0 heterocycles. The van der Waals surface area contributed by atoms with E-state index in [1.165, 1.54) is 19.3 Å². The topological polar surface area (TPSA) is 66.4 Å². The highest BCUT2D eigenvalue weighted by Gasteiger charge is 2.62. The van der Waals surface area contributed by atoms with Gasteiger partial charge in [-0.05, 0) is 116 Å². The molecule has 0 saturated heterocycles. The number of alkyl halides is 5. The summed E-state index contributed by atoms with van der Waals surface area (Å²) in [5.41, 5.74) is 1.70. The Morgan fingerprint density at radius 1 is 0.935 bits per heavy atom. The Hall–Kier alpha value is -2.03. The number of unbranched alkanes of at least 4 members (excludes halogenated alkanes) is 3. The first-order valence-corrected chi connectivity index (χ1v) is 17.7. The number of nitrogens with one attached hydrogen (secondary N) is 1. The van der Waals surface area contributed by atoms with Gasteiger partial charge in [-0.2, -0.15) is 22.0 Å². The minimum absolute atomic E-state index is 0.0182. The predicted molar refractivity (Wildman–Crippen MR) is 167 cm³/mol. The molecule has 4 nitrogen and oxygen atoms in total. The summed E-state index contributed by atoms with van der Waals surface area (Å²) in [7, 11) is 0. The highest BCUT2D eigenvalue weighted by molar-refractivity contribution is 5.94. The number of aryl methyl sites for hydroxylation is 1. The van der Waals surface area contributed by atoms with Crippen LogP contribution in [0.15, 0.2) is 24.3 Å². The van der Waals surface area contributed by atoms with Crippen LogP contribution in [0.5, 0.6) is 0 Å². The van der Waals surface area contributed by atoms with E-state index in [9.17, 15) is 36.6 Å². The zero-order chi connectivity index (χ0) is 33.3. The minimum Gasteiger partial charge on any atom is -0.393 e. The van der Waals surface area contributed by atoms with Crippen molar-refractivity contribution in [3.63, 3.8) is 0 Å². The normalized spacial score (nSPS) is 34.5. The second kappa shape index (κ2) is 13.8. The Morgan fingerprint density at radius 2 is 1.65 bits per heavy atom. The molecule has 0 spiro atoms. The van der Waals surface area contributed by atoms with E-state index < -0.39 is 30.8 Å². The molecule has 0 aliphatic heterocycles. The Morgan fingerprint density at radius 3 is 2.37 bits per heavy atom. The van der Waals surface area contributed by atoms with Gasteiger partial charge >= 0.3 is 12.1 Å². The van der Waals surface area contributed by atoms with E-state index in [2.05, 4.69) is 19.2 Å². The maximum Gasteiger partial charge on any atom is 0.453 e. The number of ketones is 1. The lowest BCUT2D eigenvalue weighted by molar-refractivity contribution is -0.284. The fraction of sp³-hybridized carbons (Fsp3) is 0.784.